The molecule has 6 nitrogen and oxygen atoms in total. The van der Waals surface area contributed by atoms with Crippen LogP contribution in [0, 0.1) is 0 Å². The molecule has 6 heteroatoms. The van der Waals surface area contributed by atoms with Crippen molar-refractivity contribution in [2.45, 2.75) is 19.4 Å². The van der Waals surface area contributed by atoms with Crippen LogP contribution >= 0.6 is 0 Å². The topological polar surface area (TPSA) is 87.3 Å². The van der Waals surface area contributed by atoms with Crippen molar-refractivity contribution in [3.05, 3.63) is 95.6 Å². The molecule has 0 aliphatic rings. The molecule has 3 rings (SSSR count). The van der Waals surface area contributed by atoms with Gasteiger partial charge in [0.2, 0.25) is 18.2 Å². The first kappa shape index (κ1) is 22.5. The van der Waals surface area contributed by atoms with E-state index in [-0.39, 0.29) is 18.2 Å². The molecule has 0 aromatic heterocycles. The smallest absolute Gasteiger partial charge is 0.246 e. The van der Waals surface area contributed by atoms with Crippen LogP contribution in [0.25, 0.3) is 12.2 Å². The van der Waals surface area contributed by atoms with Crippen molar-refractivity contribution < 1.29 is 14.4 Å². The van der Waals surface area contributed by atoms with Gasteiger partial charge in [-0.05, 0) is 47.9 Å². The number of rotatable bonds is 9. The van der Waals surface area contributed by atoms with E-state index in [0.717, 1.165) is 22.4 Å². The second kappa shape index (κ2) is 11.3. The second-order valence-electron chi connectivity index (χ2n) is 7.28. The van der Waals surface area contributed by atoms with Crippen LogP contribution in [0.2, 0.25) is 0 Å². The van der Waals surface area contributed by atoms with Crippen molar-refractivity contribution >= 4 is 41.8 Å². The van der Waals surface area contributed by atoms with Crippen molar-refractivity contribution in [1.29, 1.82) is 0 Å². The van der Waals surface area contributed by atoms with Gasteiger partial charge in [0.15, 0.2) is 0 Å². The molecular weight excluding hydrogens is 402 g/mol. The van der Waals surface area contributed by atoms with Crippen LogP contribution in [0.5, 0.6) is 0 Å². The Labute approximate surface area is 187 Å². The molecule has 0 spiro atoms. The van der Waals surface area contributed by atoms with Gasteiger partial charge in [0.25, 0.3) is 0 Å². The Balaban J connectivity index is 1.50. The zero-order valence-electron chi connectivity index (χ0n) is 17.7. The fourth-order valence-electron chi connectivity index (χ4n) is 3.02. The molecule has 0 fully saturated rings. The Morgan fingerprint density at radius 1 is 0.812 bits per heavy atom. The molecule has 0 unspecified atom stereocenters. The molecule has 0 aliphatic carbocycles. The second-order valence-corrected chi connectivity index (χ2v) is 7.28. The Morgan fingerprint density at radius 3 is 1.94 bits per heavy atom. The van der Waals surface area contributed by atoms with Crippen LogP contribution in [-0.2, 0) is 20.8 Å². The van der Waals surface area contributed by atoms with E-state index in [4.69, 9.17) is 0 Å². The van der Waals surface area contributed by atoms with Crippen molar-refractivity contribution in [3.63, 3.8) is 0 Å². The summed E-state index contributed by atoms with van der Waals surface area (Å²) in [5.41, 5.74) is 4.26. The quantitative estimate of drug-likeness (QED) is 0.355. The summed E-state index contributed by atoms with van der Waals surface area (Å²) >= 11 is 0. The molecule has 3 amide bonds. The lowest BCUT2D eigenvalue weighted by molar-refractivity contribution is -0.125. The summed E-state index contributed by atoms with van der Waals surface area (Å²) in [5, 5.41) is 8.14. The summed E-state index contributed by atoms with van der Waals surface area (Å²) < 4.78 is 0. The molecule has 0 bridgehead atoms. The molecule has 32 heavy (non-hydrogen) atoms. The summed E-state index contributed by atoms with van der Waals surface area (Å²) in [5.74, 6) is -0.479. The maximum Gasteiger partial charge on any atom is 0.246 e. The van der Waals surface area contributed by atoms with Crippen molar-refractivity contribution in [1.82, 2.24) is 5.32 Å². The highest BCUT2D eigenvalue weighted by atomic mass is 16.2. The lowest BCUT2D eigenvalue weighted by atomic mass is 10.1. The highest BCUT2D eigenvalue weighted by Crippen LogP contribution is 2.15. The third-order valence-electron chi connectivity index (χ3n) is 4.76. The third kappa shape index (κ3) is 6.95. The summed E-state index contributed by atoms with van der Waals surface area (Å²) in [6, 6.07) is 23.6. The number of hydrogen-bond donors (Lipinski definition) is 3. The molecule has 0 saturated heterocycles. The first-order chi connectivity index (χ1) is 15.5. The molecule has 3 aromatic rings. The molecule has 3 N–H and O–H groups in total. The fraction of sp³-hybridized carbons (Fsp3) is 0.115. The van der Waals surface area contributed by atoms with Gasteiger partial charge in [-0.3, -0.25) is 14.4 Å². The van der Waals surface area contributed by atoms with Gasteiger partial charge in [0.05, 0.1) is 6.42 Å². The van der Waals surface area contributed by atoms with Crippen LogP contribution in [0.3, 0.4) is 0 Å². The zero-order valence-corrected chi connectivity index (χ0v) is 17.7. The normalized spacial score (nSPS) is 11.5. The lowest BCUT2D eigenvalue weighted by Crippen LogP contribution is -2.42. The minimum absolute atomic E-state index is 0.200. The fourth-order valence-corrected chi connectivity index (χ4v) is 3.02. The lowest BCUT2D eigenvalue weighted by Gasteiger charge is -2.14. The number of carbonyl (C=O) groups is 3. The average Bonchev–Trinajstić information content (AvgIpc) is 2.80. The van der Waals surface area contributed by atoms with Gasteiger partial charge < -0.3 is 16.0 Å². The number of benzene rings is 3. The largest absolute Gasteiger partial charge is 0.344 e. The summed E-state index contributed by atoms with van der Waals surface area (Å²) in [6.07, 6.45) is 4.79. The predicted octanol–water partition coefficient (Wildman–Crippen LogP) is 4.11. The maximum absolute atomic E-state index is 12.4. The SMILES string of the molecule is C[C@H](NC(=O)Cc1ccccc1)C(=O)Nc1ccc(/C=C/c2ccc(NC=O)cc2)cc1. The first-order valence-electron chi connectivity index (χ1n) is 10.3. The van der Waals surface area contributed by atoms with Crippen molar-refractivity contribution in [2.24, 2.45) is 0 Å². The maximum atomic E-state index is 12.4. The van der Waals surface area contributed by atoms with E-state index in [1.807, 2.05) is 91.0 Å². The van der Waals surface area contributed by atoms with Crippen LogP contribution < -0.4 is 16.0 Å². The summed E-state index contributed by atoms with van der Waals surface area (Å²) in [7, 11) is 0. The van der Waals surface area contributed by atoms with Gasteiger partial charge in [-0.25, -0.2) is 0 Å². The van der Waals surface area contributed by atoms with E-state index in [2.05, 4.69) is 16.0 Å². The molecule has 0 aliphatic heterocycles. The van der Waals surface area contributed by atoms with Gasteiger partial charge in [-0.2, -0.15) is 0 Å². The van der Waals surface area contributed by atoms with E-state index in [1.54, 1.807) is 6.92 Å². The van der Waals surface area contributed by atoms with Gasteiger partial charge >= 0.3 is 0 Å². The highest BCUT2D eigenvalue weighted by molar-refractivity contribution is 5.97. The van der Waals surface area contributed by atoms with Gasteiger partial charge in [-0.1, -0.05) is 66.7 Å². The van der Waals surface area contributed by atoms with Gasteiger partial charge in [0, 0.05) is 11.4 Å². The van der Waals surface area contributed by atoms with Crippen LogP contribution in [0.1, 0.15) is 23.6 Å². The minimum Gasteiger partial charge on any atom is -0.344 e. The average molecular weight is 428 g/mol. The Kier molecular flexibility index (Phi) is 7.92. The zero-order chi connectivity index (χ0) is 22.8. The van der Waals surface area contributed by atoms with E-state index in [1.165, 1.54) is 0 Å². The van der Waals surface area contributed by atoms with Crippen LogP contribution in [0.4, 0.5) is 11.4 Å². The van der Waals surface area contributed by atoms with Gasteiger partial charge in [-0.15, -0.1) is 0 Å². The monoisotopic (exact) mass is 427 g/mol. The Bertz CT molecular complexity index is 1080. The highest BCUT2D eigenvalue weighted by Gasteiger charge is 2.15. The molecular formula is C26H25N3O3. The number of anilines is 2. The Hall–Kier alpha value is -4.19. The molecule has 3 aromatic carbocycles. The van der Waals surface area contributed by atoms with Gasteiger partial charge in [0.1, 0.15) is 6.04 Å². The minimum atomic E-state index is -0.650. The molecule has 162 valence electrons. The number of nitrogens with one attached hydrogen (secondary N) is 3. The summed E-state index contributed by atoms with van der Waals surface area (Å²) in [6.45, 7) is 1.66. The summed E-state index contributed by atoms with van der Waals surface area (Å²) in [4.78, 5) is 35.0. The third-order valence-corrected chi connectivity index (χ3v) is 4.76. The molecule has 0 heterocycles. The van der Waals surface area contributed by atoms with Crippen molar-refractivity contribution in [3.8, 4) is 0 Å². The Morgan fingerprint density at radius 2 is 1.38 bits per heavy atom. The van der Waals surface area contributed by atoms with E-state index in [0.29, 0.717) is 12.1 Å². The number of amides is 3. The number of carbonyl (C=O) groups excluding carboxylic acids is 3. The molecule has 1 atom stereocenters. The molecule has 0 saturated carbocycles. The number of hydrogen-bond acceptors (Lipinski definition) is 3. The van der Waals surface area contributed by atoms with E-state index in [9.17, 15) is 14.4 Å². The van der Waals surface area contributed by atoms with E-state index >= 15 is 0 Å². The molecule has 0 radical (unpaired) electrons. The van der Waals surface area contributed by atoms with Crippen LogP contribution in [-0.4, -0.2) is 24.3 Å². The first-order valence-corrected chi connectivity index (χ1v) is 10.3. The van der Waals surface area contributed by atoms with Crippen molar-refractivity contribution in [2.75, 3.05) is 10.6 Å². The standard InChI is InChI=1S/C26H25N3O3/c1-19(28-25(31)17-22-5-3-2-4-6-22)26(32)29-24-15-11-21(12-16-24)8-7-20-9-13-23(14-10-20)27-18-30/h2-16,18-19H,17H2,1H3,(H,27,30)(H,28,31)(H,29,32)/b8-7+/t19-/m0/s1. The van der Waals surface area contributed by atoms with E-state index < -0.39 is 6.04 Å². The predicted molar refractivity (Wildman–Crippen MR) is 128 cm³/mol. The van der Waals surface area contributed by atoms with Crippen LogP contribution in [0.15, 0.2) is 78.9 Å².